The average Bonchev–Trinajstić information content (AvgIpc) is 3.16. The Kier molecular flexibility index (Phi) is 4.04. The van der Waals surface area contributed by atoms with Crippen molar-refractivity contribution in [3.8, 4) is 11.1 Å². The van der Waals surface area contributed by atoms with Crippen molar-refractivity contribution < 1.29 is 0 Å². The summed E-state index contributed by atoms with van der Waals surface area (Å²) in [7, 11) is 0. The van der Waals surface area contributed by atoms with Gasteiger partial charge in [0, 0.05) is 24.0 Å². The molecule has 142 valence electrons. The maximum absolute atomic E-state index is 13.3. The Balaban J connectivity index is 1.67. The summed E-state index contributed by atoms with van der Waals surface area (Å²) in [4.78, 5) is 17.9. The van der Waals surface area contributed by atoms with Crippen LogP contribution in [0.4, 0.5) is 0 Å². The van der Waals surface area contributed by atoms with Gasteiger partial charge in [-0.05, 0) is 29.9 Å². The fourth-order valence-corrected chi connectivity index (χ4v) is 4.66. The van der Waals surface area contributed by atoms with E-state index in [0.29, 0.717) is 17.2 Å². The molecule has 1 aliphatic carbocycles. The van der Waals surface area contributed by atoms with Crippen LogP contribution in [0.3, 0.4) is 0 Å². The van der Waals surface area contributed by atoms with Crippen molar-refractivity contribution in [2.24, 2.45) is 11.8 Å². The summed E-state index contributed by atoms with van der Waals surface area (Å²) in [6.45, 7) is 4.56. The molecule has 0 unspecified atom stereocenters. The minimum absolute atomic E-state index is 0.0367. The van der Waals surface area contributed by atoms with Crippen molar-refractivity contribution in [1.29, 1.82) is 0 Å². The second kappa shape index (κ2) is 6.59. The van der Waals surface area contributed by atoms with Crippen LogP contribution in [0.2, 0.25) is 0 Å². The first kappa shape index (κ1) is 17.2. The van der Waals surface area contributed by atoms with E-state index in [1.54, 1.807) is 10.7 Å². The molecular formula is C23H24N4O. The quantitative estimate of drug-likeness (QED) is 0.512. The fraction of sp³-hybridized carbons (Fsp3) is 0.348. The van der Waals surface area contributed by atoms with Gasteiger partial charge in [0.05, 0.1) is 17.1 Å². The number of benzene rings is 1. The zero-order chi connectivity index (χ0) is 19.3. The third kappa shape index (κ3) is 2.57. The highest BCUT2D eigenvalue weighted by Gasteiger charge is 2.29. The highest BCUT2D eigenvalue weighted by Crippen LogP contribution is 2.37. The fourth-order valence-electron chi connectivity index (χ4n) is 4.66. The van der Waals surface area contributed by atoms with Crippen LogP contribution in [0.5, 0.6) is 0 Å². The Morgan fingerprint density at radius 3 is 2.68 bits per heavy atom. The molecule has 5 rings (SSSR count). The molecule has 0 saturated heterocycles. The summed E-state index contributed by atoms with van der Waals surface area (Å²) in [5.41, 5.74) is 3.67. The number of hydrogen-bond acceptors (Lipinski definition) is 3. The summed E-state index contributed by atoms with van der Waals surface area (Å²) >= 11 is 0. The van der Waals surface area contributed by atoms with Gasteiger partial charge >= 0.3 is 0 Å². The molecule has 3 heterocycles. The molecule has 0 N–H and O–H groups in total. The lowest BCUT2D eigenvalue weighted by atomic mass is 9.78. The van der Waals surface area contributed by atoms with E-state index in [1.165, 1.54) is 12.8 Å². The molecule has 5 heteroatoms. The van der Waals surface area contributed by atoms with Crippen molar-refractivity contribution in [2.45, 2.75) is 39.2 Å². The summed E-state index contributed by atoms with van der Waals surface area (Å²) in [5, 5.41) is 5.17. The zero-order valence-corrected chi connectivity index (χ0v) is 16.2. The largest absolute Gasteiger partial charge is 0.311 e. The molecule has 1 fully saturated rings. The van der Waals surface area contributed by atoms with Gasteiger partial charge in [-0.1, -0.05) is 57.0 Å². The monoisotopic (exact) mass is 372 g/mol. The molecule has 28 heavy (non-hydrogen) atoms. The minimum Gasteiger partial charge on any atom is -0.311 e. The van der Waals surface area contributed by atoms with Gasteiger partial charge < -0.3 is 4.57 Å². The smallest absolute Gasteiger partial charge is 0.261 e. The van der Waals surface area contributed by atoms with Crippen molar-refractivity contribution >= 4 is 16.6 Å². The number of fused-ring (bicyclic) bond motifs is 3. The third-order valence-corrected chi connectivity index (χ3v) is 6.53. The minimum atomic E-state index is 0.0367. The first-order valence-electron chi connectivity index (χ1n) is 10.1. The number of pyridine rings is 1. The number of hydrogen-bond donors (Lipinski definition) is 0. The summed E-state index contributed by atoms with van der Waals surface area (Å²) < 4.78 is 3.72. The highest BCUT2D eigenvalue weighted by atomic mass is 16.1. The van der Waals surface area contributed by atoms with Crippen LogP contribution in [0, 0.1) is 11.8 Å². The van der Waals surface area contributed by atoms with E-state index in [-0.39, 0.29) is 11.6 Å². The van der Waals surface area contributed by atoms with Gasteiger partial charge in [0.15, 0.2) is 5.65 Å². The molecule has 0 aliphatic heterocycles. The SMILES string of the molecule is C[C@@H]1[C@H](C)CCC[C@H]1n1ccc2c(cnc3c(-c4ccccc4)cnn32)c1=O. The first-order chi connectivity index (χ1) is 13.6. The van der Waals surface area contributed by atoms with Crippen molar-refractivity contribution in [2.75, 3.05) is 0 Å². The van der Waals surface area contributed by atoms with Crippen molar-refractivity contribution in [3.05, 3.63) is 65.3 Å². The van der Waals surface area contributed by atoms with Gasteiger partial charge in [0.1, 0.15) is 0 Å². The lowest BCUT2D eigenvalue weighted by Gasteiger charge is -2.35. The van der Waals surface area contributed by atoms with Crippen LogP contribution in [0.1, 0.15) is 39.2 Å². The van der Waals surface area contributed by atoms with Crippen LogP contribution >= 0.6 is 0 Å². The summed E-state index contributed by atoms with van der Waals surface area (Å²) in [5.74, 6) is 1.14. The lowest BCUT2D eigenvalue weighted by molar-refractivity contribution is 0.183. The second-order valence-electron chi connectivity index (χ2n) is 8.08. The third-order valence-electron chi connectivity index (χ3n) is 6.53. The van der Waals surface area contributed by atoms with Gasteiger partial charge in [0.25, 0.3) is 5.56 Å². The number of aromatic nitrogens is 4. The molecule has 3 aromatic heterocycles. The first-order valence-corrected chi connectivity index (χ1v) is 10.1. The van der Waals surface area contributed by atoms with Crippen LogP contribution in [-0.4, -0.2) is 19.2 Å². The second-order valence-corrected chi connectivity index (χ2v) is 8.08. The molecule has 4 aromatic rings. The molecular weight excluding hydrogens is 348 g/mol. The van der Waals surface area contributed by atoms with Crippen molar-refractivity contribution in [1.82, 2.24) is 19.2 Å². The maximum Gasteiger partial charge on any atom is 0.261 e. The Morgan fingerprint density at radius 2 is 1.86 bits per heavy atom. The molecule has 0 spiro atoms. The Morgan fingerprint density at radius 1 is 1.04 bits per heavy atom. The summed E-state index contributed by atoms with van der Waals surface area (Å²) in [6.07, 6.45) is 8.98. The van der Waals surface area contributed by atoms with Crippen LogP contribution in [0.25, 0.3) is 27.7 Å². The molecule has 0 bridgehead atoms. The average molecular weight is 372 g/mol. The van der Waals surface area contributed by atoms with E-state index in [0.717, 1.165) is 28.7 Å². The topological polar surface area (TPSA) is 52.2 Å². The van der Waals surface area contributed by atoms with Gasteiger partial charge in [-0.3, -0.25) is 4.79 Å². The van der Waals surface area contributed by atoms with Crippen molar-refractivity contribution in [3.63, 3.8) is 0 Å². The lowest BCUT2D eigenvalue weighted by Crippen LogP contribution is -2.33. The highest BCUT2D eigenvalue weighted by molar-refractivity contribution is 5.84. The zero-order valence-electron chi connectivity index (χ0n) is 16.2. The van der Waals surface area contributed by atoms with Crippen LogP contribution in [0.15, 0.2) is 59.8 Å². The van der Waals surface area contributed by atoms with E-state index in [9.17, 15) is 4.79 Å². The number of rotatable bonds is 2. The van der Waals surface area contributed by atoms with E-state index in [2.05, 4.69) is 23.9 Å². The van der Waals surface area contributed by atoms with Crippen LogP contribution < -0.4 is 5.56 Å². The van der Waals surface area contributed by atoms with Gasteiger partial charge in [-0.25, -0.2) is 9.50 Å². The van der Waals surface area contributed by atoms with E-state index < -0.39 is 0 Å². The molecule has 0 amide bonds. The predicted molar refractivity (Wildman–Crippen MR) is 111 cm³/mol. The maximum atomic E-state index is 13.3. The standard InChI is InChI=1S/C23H24N4O/c1-15-7-6-10-20(16(15)2)26-12-11-21-19(23(26)28)13-24-22-18(14-25-27(21)22)17-8-4-3-5-9-17/h3-5,8-9,11-16,20H,6-7,10H2,1-2H3/t15-,16-,20-/m1/s1. The molecule has 1 aromatic carbocycles. The van der Waals surface area contributed by atoms with E-state index in [4.69, 9.17) is 0 Å². The predicted octanol–water partition coefficient (Wildman–Crippen LogP) is 4.71. The molecule has 3 atom stereocenters. The molecule has 0 radical (unpaired) electrons. The van der Waals surface area contributed by atoms with Gasteiger partial charge in [0.2, 0.25) is 0 Å². The Hall–Kier alpha value is -2.95. The normalized spacial score (nSPS) is 22.7. The molecule has 1 aliphatic rings. The van der Waals surface area contributed by atoms with Crippen LogP contribution in [-0.2, 0) is 0 Å². The number of nitrogens with zero attached hydrogens (tertiary/aromatic N) is 4. The molecule has 1 saturated carbocycles. The van der Waals surface area contributed by atoms with Gasteiger partial charge in [-0.15, -0.1) is 0 Å². The Bertz CT molecular complexity index is 1210. The van der Waals surface area contributed by atoms with E-state index in [1.807, 2.05) is 53.4 Å². The summed E-state index contributed by atoms with van der Waals surface area (Å²) in [6, 6.07) is 12.4. The van der Waals surface area contributed by atoms with E-state index >= 15 is 0 Å². The Labute approximate surface area is 163 Å². The van der Waals surface area contributed by atoms with Gasteiger partial charge in [-0.2, -0.15) is 5.10 Å². The molecule has 5 nitrogen and oxygen atoms in total.